The third-order valence-electron chi connectivity index (χ3n) is 4.93. The fourth-order valence-corrected chi connectivity index (χ4v) is 4.18. The van der Waals surface area contributed by atoms with Crippen molar-refractivity contribution < 1.29 is 19.8 Å². The summed E-state index contributed by atoms with van der Waals surface area (Å²) in [5.74, 6) is -0.983. The summed E-state index contributed by atoms with van der Waals surface area (Å²) >= 11 is 1.51. The van der Waals surface area contributed by atoms with Crippen molar-refractivity contribution in [2.75, 3.05) is 0 Å². The van der Waals surface area contributed by atoms with E-state index in [1.807, 2.05) is 29.8 Å². The highest BCUT2D eigenvalue weighted by Crippen LogP contribution is 2.31. The van der Waals surface area contributed by atoms with Crippen LogP contribution in [0.5, 0.6) is 0 Å². The molecule has 0 bridgehead atoms. The van der Waals surface area contributed by atoms with Gasteiger partial charge >= 0.3 is 11.9 Å². The van der Waals surface area contributed by atoms with Crippen molar-refractivity contribution in [3.8, 4) is 11.3 Å². The number of aryl methyl sites for hydroxylation is 1. The zero-order chi connectivity index (χ0) is 21.7. The molecule has 0 amide bonds. The molecule has 0 aliphatic carbocycles. The molecule has 156 valence electrons. The van der Waals surface area contributed by atoms with E-state index in [2.05, 4.69) is 23.1 Å². The Balaban J connectivity index is 1.97. The molecule has 2 heterocycles. The van der Waals surface area contributed by atoms with Crippen LogP contribution in [0.1, 0.15) is 46.4 Å². The summed E-state index contributed by atoms with van der Waals surface area (Å²) in [6.45, 7) is 6.35. The minimum Gasteiger partial charge on any atom is -0.478 e. The number of aromatic carboxylic acids is 1. The summed E-state index contributed by atoms with van der Waals surface area (Å²) in [5.41, 5.74) is 3.27. The number of hydrogen-bond acceptors (Lipinski definition) is 4. The van der Waals surface area contributed by atoms with E-state index in [-0.39, 0.29) is 17.6 Å². The van der Waals surface area contributed by atoms with Gasteiger partial charge in [0.15, 0.2) is 0 Å². The van der Waals surface area contributed by atoms with E-state index in [1.165, 1.54) is 11.3 Å². The first kappa shape index (κ1) is 21.5. The zero-order valence-corrected chi connectivity index (χ0v) is 17.6. The number of aromatic nitrogens is 2. The number of unbranched alkanes of at least 4 members (excludes halogenated alkanes) is 1. The van der Waals surface area contributed by atoms with Gasteiger partial charge in [0.2, 0.25) is 0 Å². The van der Waals surface area contributed by atoms with Crippen molar-refractivity contribution in [2.24, 2.45) is 0 Å². The topological polar surface area (TPSA) is 92.4 Å². The van der Waals surface area contributed by atoms with Crippen LogP contribution in [0.15, 0.2) is 54.1 Å². The SMILES string of the molecule is C=C(Cc1sccc1-c1cnc(CCCC)n1Cc1ccc(C(=O)O)cc1)C(=O)O. The average Bonchev–Trinajstić information content (AvgIpc) is 3.33. The van der Waals surface area contributed by atoms with Gasteiger partial charge in [0.05, 0.1) is 17.5 Å². The van der Waals surface area contributed by atoms with Crippen molar-refractivity contribution in [1.82, 2.24) is 9.55 Å². The van der Waals surface area contributed by atoms with Crippen LogP contribution in [-0.2, 0) is 24.2 Å². The Morgan fingerprint density at radius 3 is 2.53 bits per heavy atom. The smallest absolute Gasteiger partial charge is 0.335 e. The monoisotopic (exact) mass is 424 g/mol. The number of imidazole rings is 1. The first-order valence-corrected chi connectivity index (χ1v) is 10.6. The van der Waals surface area contributed by atoms with E-state index in [0.29, 0.717) is 6.54 Å². The molecule has 0 radical (unpaired) electrons. The maximum Gasteiger partial charge on any atom is 0.335 e. The molecule has 0 spiro atoms. The number of carboxylic acids is 2. The van der Waals surface area contributed by atoms with E-state index in [9.17, 15) is 14.7 Å². The van der Waals surface area contributed by atoms with Crippen LogP contribution in [0, 0.1) is 0 Å². The average molecular weight is 425 g/mol. The second kappa shape index (κ2) is 9.54. The van der Waals surface area contributed by atoms with Gasteiger partial charge in [-0.15, -0.1) is 11.3 Å². The van der Waals surface area contributed by atoms with Gasteiger partial charge in [-0.3, -0.25) is 0 Å². The van der Waals surface area contributed by atoms with Gasteiger partial charge in [-0.25, -0.2) is 14.6 Å². The summed E-state index contributed by atoms with van der Waals surface area (Å²) in [5, 5.41) is 20.3. The predicted octanol–water partition coefficient (Wildman–Crippen LogP) is 4.88. The standard InChI is InChI=1S/C23H24N2O4S/c1-3-4-5-21-24-13-19(18-10-11-30-20(18)12-15(2)22(26)27)25(21)14-16-6-8-17(9-7-16)23(28)29/h6-11,13H,2-5,12,14H2,1H3,(H,26,27)(H,28,29). The van der Waals surface area contributed by atoms with Gasteiger partial charge in [0.1, 0.15) is 5.82 Å². The lowest BCUT2D eigenvalue weighted by atomic mass is 10.1. The molecule has 3 rings (SSSR count). The quantitative estimate of drug-likeness (QED) is 0.452. The normalized spacial score (nSPS) is 10.8. The van der Waals surface area contributed by atoms with E-state index in [0.717, 1.165) is 46.8 Å². The van der Waals surface area contributed by atoms with E-state index >= 15 is 0 Å². The molecule has 2 N–H and O–H groups in total. The van der Waals surface area contributed by atoms with Gasteiger partial charge < -0.3 is 14.8 Å². The maximum absolute atomic E-state index is 11.2. The lowest BCUT2D eigenvalue weighted by Gasteiger charge is -2.13. The molecule has 30 heavy (non-hydrogen) atoms. The molecule has 0 aliphatic heterocycles. The molecule has 0 atom stereocenters. The van der Waals surface area contributed by atoms with Gasteiger partial charge in [-0.1, -0.05) is 32.1 Å². The Labute approximate surface area is 179 Å². The lowest BCUT2D eigenvalue weighted by Crippen LogP contribution is -2.08. The van der Waals surface area contributed by atoms with Gasteiger partial charge in [0, 0.05) is 35.4 Å². The van der Waals surface area contributed by atoms with Crippen LogP contribution in [0.3, 0.4) is 0 Å². The first-order valence-electron chi connectivity index (χ1n) is 9.75. The van der Waals surface area contributed by atoms with Crippen LogP contribution in [-0.4, -0.2) is 31.7 Å². The van der Waals surface area contributed by atoms with Crippen molar-refractivity contribution >= 4 is 23.3 Å². The van der Waals surface area contributed by atoms with Crippen LogP contribution in [0.25, 0.3) is 11.3 Å². The molecule has 1 aromatic carbocycles. The fraction of sp³-hybridized carbons (Fsp3) is 0.261. The number of carboxylic acid groups (broad SMARTS) is 2. The molecule has 3 aromatic rings. The Morgan fingerprint density at radius 1 is 1.17 bits per heavy atom. The maximum atomic E-state index is 11.2. The number of aliphatic carboxylic acids is 1. The number of hydrogen-bond donors (Lipinski definition) is 2. The molecule has 7 heteroatoms. The van der Waals surface area contributed by atoms with E-state index in [1.54, 1.807) is 12.1 Å². The molecular weight excluding hydrogens is 400 g/mol. The highest BCUT2D eigenvalue weighted by Gasteiger charge is 2.18. The predicted molar refractivity (Wildman–Crippen MR) is 117 cm³/mol. The molecule has 6 nitrogen and oxygen atoms in total. The Kier molecular flexibility index (Phi) is 6.84. The van der Waals surface area contributed by atoms with Gasteiger partial charge in [-0.2, -0.15) is 0 Å². The number of rotatable bonds is 10. The first-order chi connectivity index (χ1) is 14.4. The summed E-state index contributed by atoms with van der Waals surface area (Å²) in [4.78, 5) is 27.9. The highest BCUT2D eigenvalue weighted by molar-refractivity contribution is 7.10. The third-order valence-corrected chi connectivity index (χ3v) is 5.85. The largest absolute Gasteiger partial charge is 0.478 e. The fourth-order valence-electron chi connectivity index (χ4n) is 3.25. The lowest BCUT2D eigenvalue weighted by molar-refractivity contribution is -0.132. The second-order valence-electron chi connectivity index (χ2n) is 7.09. The van der Waals surface area contributed by atoms with Gasteiger partial charge in [0.25, 0.3) is 0 Å². The Bertz CT molecular complexity index is 1060. The van der Waals surface area contributed by atoms with Crippen molar-refractivity contribution in [1.29, 1.82) is 0 Å². The molecule has 0 fully saturated rings. The highest BCUT2D eigenvalue weighted by atomic mass is 32.1. The summed E-state index contributed by atoms with van der Waals surface area (Å²) < 4.78 is 2.14. The van der Waals surface area contributed by atoms with Crippen LogP contribution >= 0.6 is 11.3 Å². The Hall–Kier alpha value is -3.19. The molecule has 0 saturated carbocycles. The van der Waals surface area contributed by atoms with E-state index in [4.69, 9.17) is 5.11 Å². The number of carbonyl (C=O) groups is 2. The zero-order valence-electron chi connectivity index (χ0n) is 16.8. The van der Waals surface area contributed by atoms with E-state index < -0.39 is 11.9 Å². The van der Waals surface area contributed by atoms with Crippen molar-refractivity contribution in [2.45, 2.75) is 39.2 Å². The summed E-state index contributed by atoms with van der Waals surface area (Å²) in [6.07, 6.45) is 5.03. The summed E-state index contributed by atoms with van der Waals surface area (Å²) in [7, 11) is 0. The molecule has 0 aliphatic rings. The number of nitrogens with zero attached hydrogens (tertiary/aromatic N) is 2. The summed E-state index contributed by atoms with van der Waals surface area (Å²) in [6, 6.07) is 8.83. The Morgan fingerprint density at radius 2 is 1.90 bits per heavy atom. The van der Waals surface area contributed by atoms with Crippen LogP contribution in [0.4, 0.5) is 0 Å². The van der Waals surface area contributed by atoms with Crippen molar-refractivity contribution in [3.63, 3.8) is 0 Å². The molecule has 2 aromatic heterocycles. The minimum absolute atomic E-state index is 0.153. The number of benzene rings is 1. The van der Waals surface area contributed by atoms with Gasteiger partial charge in [-0.05, 0) is 35.6 Å². The molecule has 0 unspecified atom stereocenters. The third kappa shape index (κ3) is 4.86. The van der Waals surface area contributed by atoms with Crippen LogP contribution in [0.2, 0.25) is 0 Å². The minimum atomic E-state index is -0.995. The number of thiophene rings is 1. The van der Waals surface area contributed by atoms with Crippen LogP contribution < -0.4 is 0 Å². The van der Waals surface area contributed by atoms with Crippen molar-refractivity contribution in [3.05, 3.63) is 75.9 Å². The molecule has 0 saturated heterocycles. The second-order valence-corrected chi connectivity index (χ2v) is 8.10. The molecular formula is C23H24N2O4S.